The van der Waals surface area contributed by atoms with Crippen molar-refractivity contribution in [1.82, 2.24) is 0 Å². The van der Waals surface area contributed by atoms with Crippen LogP contribution in [0.2, 0.25) is 0 Å². The van der Waals surface area contributed by atoms with Crippen molar-refractivity contribution in [3.63, 3.8) is 0 Å². The van der Waals surface area contributed by atoms with Crippen LogP contribution in [0.3, 0.4) is 0 Å². The largest absolute Gasteiger partial charge is 0.252 e. The molecule has 2 nitrogen and oxygen atoms in total. The fraction of sp³-hybridized carbons (Fsp3) is 0.750. The number of hydrogen-bond donors (Lipinski definition) is 0. The summed E-state index contributed by atoms with van der Waals surface area (Å²) in [6.45, 7) is 2.99. The van der Waals surface area contributed by atoms with Crippen LogP contribution in [0, 0.1) is 6.92 Å². The van der Waals surface area contributed by atoms with Crippen LogP contribution in [0.4, 0.5) is 8.78 Å². The second-order valence-corrected chi connectivity index (χ2v) is 3.73. The lowest BCUT2D eigenvalue weighted by molar-refractivity contribution is 0.174. The van der Waals surface area contributed by atoms with Crippen molar-refractivity contribution in [2.45, 2.75) is 6.43 Å². The zero-order chi connectivity index (χ0) is 7.49. The second kappa shape index (κ2) is 3.10. The van der Waals surface area contributed by atoms with E-state index in [0.717, 1.165) is 0 Å². The van der Waals surface area contributed by atoms with Crippen molar-refractivity contribution in [2.24, 2.45) is 0 Å². The lowest BCUT2D eigenvalue weighted by Gasteiger charge is -1.96. The van der Waals surface area contributed by atoms with E-state index >= 15 is 0 Å². The van der Waals surface area contributed by atoms with Crippen LogP contribution >= 0.6 is 0 Å². The summed E-state index contributed by atoms with van der Waals surface area (Å²) in [5.74, 6) is -1.53. The van der Waals surface area contributed by atoms with Gasteiger partial charge in [-0.15, -0.1) is 0 Å². The maximum Gasteiger partial charge on any atom is 0.252 e. The van der Waals surface area contributed by atoms with Gasteiger partial charge in [-0.2, -0.15) is 0 Å². The van der Waals surface area contributed by atoms with E-state index in [1.165, 1.54) is 0 Å². The minimum Gasteiger partial charge on any atom is -0.229 e. The van der Waals surface area contributed by atoms with Crippen LogP contribution in [0.5, 0.6) is 0 Å². The number of alkyl halides is 2. The molecule has 0 rings (SSSR count). The fourth-order valence-corrected chi connectivity index (χ4v) is 0.826. The first-order chi connectivity index (χ1) is 3.98. The lowest BCUT2D eigenvalue weighted by Crippen LogP contribution is -2.15. The van der Waals surface area contributed by atoms with Crippen molar-refractivity contribution < 1.29 is 17.2 Å². The zero-order valence-corrected chi connectivity index (χ0v) is 5.50. The molecule has 0 amide bonds. The molecule has 5 heteroatoms. The van der Waals surface area contributed by atoms with Crippen LogP contribution in [0.15, 0.2) is 0 Å². The van der Waals surface area contributed by atoms with Gasteiger partial charge in [-0.1, -0.05) is 0 Å². The molecule has 0 N–H and O–H groups in total. The molecular weight excluding hydrogens is 150 g/mol. The van der Waals surface area contributed by atoms with E-state index in [2.05, 4.69) is 6.92 Å². The Labute approximate surface area is 52.8 Å². The van der Waals surface area contributed by atoms with Crippen molar-refractivity contribution in [1.29, 1.82) is 0 Å². The van der Waals surface area contributed by atoms with Crippen LogP contribution < -0.4 is 0 Å². The number of rotatable bonds is 3. The average Bonchev–Trinajstić information content (AvgIpc) is 1.63. The Hall–Kier alpha value is -0.190. The summed E-state index contributed by atoms with van der Waals surface area (Å²) < 4.78 is 43.2. The first-order valence-electron chi connectivity index (χ1n) is 2.26. The summed E-state index contributed by atoms with van der Waals surface area (Å²) >= 11 is 0. The Morgan fingerprint density at radius 2 is 1.89 bits per heavy atom. The van der Waals surface area contributed by atoms with Crippen molar-refractivity contribution in [2.75, 3.05) is 11.5 Å². The smallest absolute Gasteiger partial charge is 0.229 e. The van der Waals surface area contributed by atoms with E-state index in [1.807, 2.05) is 0 Å². The predicted octanol–water partition coefficient (Wildman–Crippen LogP) is 0.500. The summed E-state index contributed by atoms with van der Waals surface area (Å²) in [4.78, 5) is 0. The molecule has 0 unspecified atom stereocenters. The quantitative estimate of drug-likeness (QED) is 0.597. The second-order valence-electron chi connectivity index (χ2n) is 1.51. The van der Waals surface area contributed by atoms with E-state index in [-0.39, 0.29) is 0 Å². The van der Waals surface area contributed by atoms with E-state index in [0.29, 0.717) is 0 Å². The molecule has 0 aliphatic rings. The number of halogens is 2. The Morgan fingerprint density at radius 1 is 1.44 bits per heavy atom. The maximum absolute atomic E-state index is 11.3. The van der Waals surface area contributed by atoms with Gasteiger partial charge in [-0.25, -0.2) is 17.2 Å². The van der Waals surface area contributed by atoms with Gasteiger partial charge in [-0.05, 0) is 6.92 Å². The van der Waals surface area contributed by atoms with Gasteiger partial charge in [0.15, 0.2) is 9.84 Å². The SMILES string of the molecule is [CH2]CS(=O)(=O)CC(F)F. The number of hydrogen-bond acceptors (Lipinski definition) is 2. The van der Waals surface area contributed by atoms with E-state index in [9.17, 15) is 17.2 Å². The Bertz CT molecular complexity index is 161. The molecule has 0 fully saturated rings. The van der Waals surface area contributed by atoms with Crippen LogP contribution in [-0.4, -0.2) is 26.3 Å². The predicted molar refractivity (Wildman–Crippen MR) is 30.0 cm³/mol. The molecule has 0 saturated carbocycles. The number of sulfone groups is 1. The van der Waals surface area contributed by atoms with Crippen molar-refractivity contribution in [3.05, 3.63) is 6.92 Å². The van der Waals surface area contributed by atoms with Gasteiger partial charge in [-0.3, -0.25) is 0 Å². The molecule has 0 bridgehead atoms. The molecule has 0 saturated heterocycles. The molecule has 1 radical (unpaired) electrons. The monoisotopic (exact) mass is 157 g/mol. The van der Waals surface area contributed by atoms with Gasteiger partial charge in [0.25, 0.3) is 6.43 Å². The van der Waals surface area contributed by atoms with Gasteiger partial charge in [0, 0.05) is 0 Å². The Morgan fingerprint density at radius 3 is 2.00 bits per heavy atom. The standard InChI is InChI=1S/C4H7F2O2S/c1-2-9(7,8)3-4(5)6/h4H,1-3H2. The lowest BCUT2D eigenvalue weighted by atomic mass is 10.9. The topological polar surface area (TPSA) is 34.1 Å². The first kappa shape index (κ1) is 8.81. The summed E-state index contributed by atoms with van der Waals surface area (Å²) in [7, 11) is -3.58. The van der Waals surface area contributed by atoms with Crippen molar-refractivity contribution in [3.8, 4) is 0 Å². The molecule has 0 aliphatic heterocycles. The summed E-state index contributed by atoms with van der Waals surface area (Å²) in [5.41, 5.74) is 0. The highest BCUT2D eigenvalue weighted by Crippen LogP contribution is 1.98. The van der Waals surface area contributed by atoms with Gasteiger partial charge in [0.1, 0.15) is 5.75 Å². The highest BCUT2D eigenvalue weighted by molar-refractivity contribution is 7.91. The van der Waals surface area contributed by atoms with E-state index < -0.39 is 27.8 Å². The summed E-state index contributed by atoms with van der Waals surface area (Å²) in [6.07, 6.45) is -2.78. The zero-order valence-electron chi connectivity index (χ0n) is 4.68. The fourth-order valence-electron chi connectivity index (χ4n) is 0.275. The minimum atomic E-state index is -3.58. The van der Waals surface area contributed by atoms with Crippen molar-refractivity contribution >= 4 is 9.84 Å². The highest BCUT2D eigenvalue weighted by atomic mass is 32.2. The molecule has 0 spiro atoms. The summed E-state index contributed by atoms with van der Waals surface area (Å²) in [5, 5.41) is 0. The minimum absolute atomic E-state index is 0.461. The molecule has 0 heterocycles. The molecule has 0 aromatic rings. The van der Waals surface area contributed by atoms with Crippen LogP contribution in [0.1, 0.15) is 0 Å². The van der Waals surface area contributed by atoms with E-state index in [1.54, 1.807) is 0 Å². The van der Waals surface area contributed by atoms with Crippen LogP contribution in [-0.2, 0) is 9.84 Å². The molecule has 0 aromatic carbocycles. The van der Waals surface area contributed by atoms with E-state index in [4.69, 9.17) is 0 Å². The third-order valence-corrected chi connectivity index (χ3v) is 2.07. The average molecular weight is 157 g/mol. The Kier molecular flexibility index (Phi) is 3.03. The molecule has 0 aliphatic carbocycles. The summed E-state index contributed by atoms with van der Waals surface area (Å²) in [6, 6.07) is 0. The highest BCUT2D eigenvalue weighted by Gasteiger charge is 2.14. The molecule has 9 heavy (non-hydrogen) atoms. The normalized spacial score (nSPS) is 12.4. The molecule has 0 aromatic heterocycles. The Balaban J connectivity index is 3.90. The molecule has 0 atom stereocenters. The third kappa shape index (κ3) is 4.32. The van der Waals surface area contributed by atoms with Gasteiger partial charge >= 0.3 is 0 Å². The molecule has 55 valence electrons. The van der Waals surface area contributed by atoms with Gasteiger partial charge in [0.2, 0.25) is 0 Å². The van der Waals surface area contributed by atoms with Gasteiger partial charge in [0.05, 0.1) is 5.75 Å². The third-order valence-electron chi connectivity index (χ3n) is 0.691. The first-order valence-corrected chi connectivity index (χ1v) is 4.08. The van der Waals surface area contributed by atoms with Crippen LogP contribution in [0.25, 0.3) is 0 Å². The maximum atomic E-state index is 11.3. The molecular formula is C4H7F2O2S. The van der Waals surface area contributed by atoms with Gasteiger partial charge < -0.3 is 0 Å².